The van der Waals surface area contributed by atoms with Gasteiger partial charge in [0, 0.05) is 6.08 Å². The van der Waals surface area contributed by atoms with Crippen LogP contribution in [0.2, 0.25) is 0 Å². The number of rotatable bonds is 6. The van der Waals surface area contributed by atoms with Crippen molar-refractivity contribution in [2.75, 3.05) is 19.8 Å². The van der Waals surface area contributed by atoms with Gasteiger partial charge in [0.1, 0.15) is 25.6 Å². The standard InChI is InChI=1S/C20H21NO4/c1-15(16-9-10-18-19(14-16)25-13-12-24-18)21-20(22)8-5-11-23-17-6-3-2-4-7-17/h2-10,14-15H,11-13H2,1H3,(H,21,22)/b8-5+. The molecule has 1 aliphatic heterocycles. The molecule has 130 valence electrons. The van der Waals surface area contributed by atoms with Gasteiger partial charge in [-0.15, -0.1) is 0 Å². The van der Waals surface area contributed by atoms with Crippen molar-refractivity contribution in [3.63, 3.8) is 0 Å². The third kappa shape index (κ3) is 4.76. The van der Waals surface area contributed by atoms with Crippen LogP contribution in [0.15, 0.2) is 60.7 Å². The second-order valence-corrected chi connectivity index (χ2v) is 5.66. The molecule has 0 aliphatic carbocycles. The van der Waals surface area contributed by atoms with E-state index in [1.54, 1.807) is 6.08 Å². The molecule has 1 N–H and O–H groups in total. The van der Waals surface area contributed by atoms with Gasteiger partial charge in [0.25, 0.3) is 0 Å². The van der Waals surface area contributed by atoms with Gasteiger partial charge in [0.15, 0.2) is 11.5 Å². The van der Waals surface area contributed by atoms with Crippen LogP contribution >= 0.6 is 0 Å². The zero-order valence-corrected chi connectivity index (χ0v) is 14.1. The van der Waals surface area contributed by atoms with Gasteiger partial charge in [-0.25, -0.2) is 0 Å². The van der Waals surface area contributed by atoms with Crippen molar-refractivity contribution in [3.05, 3.63) is 66.2 Å². The molecule has 0 spiro atoms. The predicted molar refractivity (Wildman–Crippen MR) is 95.1 cm³/mol. The monoisotopic (exact) mass is 339 g/mol. The molecule has 0 saturated heterocycles. The van der Waals surface area contributed by atoms with Crippen molar-refractivity contribution in [3.8, 4) is 17.2 Å². The molecule has 25 heavy (non-hydrogen) atoms. The number of hydrogen-bond acceptors (Lipinski definition) is 4. The minimum atomic E-state index is -0.168. The lowest BCUT2D eigenvalue weighted by molar-refractivity contribution is -0.117. The summed E-state index contributed by atoms with van der Waals surface area (Å²) in [5.74, 6) is 2.07. The number of ether oxygens (including phenoxy) is 3. The molecule has 1 atom stereocenters. The van der Waals surface area contributed by atoms with Crippen LogP contribution in [0.5, 0.6) is 17.2 Å². The topological polar surface area (TPSA) is 56.8 Å². The van der Waals surface area contributed by atoms with Crippen molar-refractivity contribution < 1.29 is 19.0 Å². The Balaban J connectivity index is 1.49. The Morgan fingerprint density at radius 1 is 1.16 bits per heavy atom. The molecule has 0 aromatic heterocycles. The third-order valence-electron chi connectivity index (χ3n) is 3.78. The Morgan fingerprint density at radius 2 is 1.92 bits per heavy atom. The summed E-state index contributed by atoms with van der Waals surface area (Å²) in [6.45, 7) is 3.38. The zero-order chi connectivity index (χ0) is 17.5. The zero-order valence-electron chi connectivity index (χ0n) is 14.1. The second-order valence-electron chi connectivity index (χ2n) is 5.66. The summed E-state index contributed by atoms with van der Waals surface area (Å²) in [5.41, 5.74) is 0.964. The Hall–Kier alpha value is -2.95. The number of para-hydroxylation sites is 1. The number of carbonyl (C=O) groups excluding carboxylic acids is 1. The molecule has 1 amide bonds. The first-order chi connectivity index (χ1) is 12.2. The van der Waals surface area contributed by atoms with Gasteiger partial charge >= 0.3 is 0 Å². The lowest BCUT2D eigenvalue weighted by atomic mass is 10.1. The first kappa shape index (κ1) is 16.9. The van der Waals surface area contributed by atoms with Crippen molar-refractivity contribution in [2.45, 2.75) is 13.0 Å². The summed E-state index contributed by atoms with van der Waals surface area (Å²) in [5, 5.41) is 2.92. The molecule has 5 heteroatoms. The highest BCUT2D eigenvalue weighted by atomic mass is 16.6. The van der Waals surface area contributed by atoms with E-state index in [2.05, 4.69) is 5.32 Å². The van der Waals surface area contributed by atoms with Crippen LogP contribution < -0.4 is 19.5 Å². The molecule has 3 rings (SSSR count). The lowest BCUT2D eigenvalue weighted by Crippen LogP contribution is -2.25. The van der Waals surface area contributed by atoms with E-state index >= 15 is 0 Å². The van der Waals surface area contributed by atoms with E-state index in [1.165, 1.54) is 6.08 Å². The molecule has 1 heterocycles. The molecule has 0 saturated carbocycles. The predicted octanol–water partition coefficient (Wildman–Crippen LogP) is 3.27. The van der Waals surface area contributed by atoms with Crippen LogP contribution in [-0.2, 0) is 4.79 Å². The quantitative estimate of drug-likeness (QED) is 0.821. The van der Waals surface area contributed by atoms with Crippen LogP contribution in [0.4, 0.5) is 0 Å². The number of hydrogen-bond donors (Lipinski definition) is 1. The van der Waals surface area contributed by atoms with Crippen molar-refractivity contribution in [1.82, 2.24) is 5.32 Å². The highest BCUT2D eigenvalue weighted by Gasteiger charge is 2.15. The first-order valence-electron chi connectivity index (χ1n) is 8.27. The summed E-state index contributed by atoms with van der Waals surface area (Å²) < 4.78 is 16.6. The molecule has 1 aliphatic rings. The summed E-state index contributed by atoms with van der Waals surface area (Å²) >= 11 is 0. The van der Waals surface area contributed by atoms with Crippen molar-refractivity contribution in [2.24, 2.45) is 0 Å². The maximum Gasteiger partial charge on any atom is 0.244 e. The fourth-order valence-corrected chi connectivity index (χ4v) is 2.49. The fourth-order valence-electron chi connectivity index (χ4n) is 2.49. The molecular formula is C20H21NO4. The smallest absolute Gasteiger partial charge is 0.244 e. The molecular weight excluding hydrogens is 318 g/mol. The molecule has 2 aromatic carbocycles. The first-order valence-corrected chi connectivity index (χ1v) is 8.27. The Kier molecular flexibility index (Phi) is 5.57. The average Bonchev–Trinajstić information content (AvgIpc) is 2.65. The number of fused-ring (bicyclic) bond motifs is 1. The van der Waals surface area contributed by atoms with Gasteiger partial charge in [0.2, 0.25) is 5.91 Å². The SMILES string of the molecule is CC(NC(=O)/C=C/COc1ccccc1)c1ccc2c(c1)OCCO2. The summed E-state index contributed by atoms with van der Waals surface area (Å²) in [7, 11) is 0. The van der Waals surface area contributed by atoms with Crippen molar-refractivity contribution in [1.29, 1.82) is 0 Å². The largest absolute Gasteiger partial charge is 0.490 e. The molecule has 0 bridgehead atoms. The molecule has 5 nitrogen and oxygen atoms in total. The number of carbonyl (C=O) groups is 1. The van der Waals surface area contributed by atoms with Gasteiger partial charge in [-0.3, -0.25) is 4.79 Å². The lowest BCUT2D eigenvalue weighted by Gasteiger charge is -2.20. The van der Waals surface area contributed by atoms with E-state index in [1.807, 2.05) is 55.5 Å². The summed E-state index contributed by atoms with van der Waals surface area (Å²) in [4.78, 5) is 12.0. The number of benzene rings is 2. The Labute approximate surface area is 147 Å². The van der Waals surface area contributed by atoms with E-state index < -0.39 is 0 Å². The van der Waals surface area contributed by atoms with Crippen LogP contribution in [-0.4, -0.2) is 25.7 Å². The second kappa shape index (κ2) is 8.24. The van der Waals surface area contributed by atoms with Gasteiger partial charge in [0.05, 0.1) is 6.04 Å². The van der Waals surface area contributed by atoms with E-state index in [4.69, 9.17) is 14.2 Å². The van der Waals surface area contributed by atoms with E-state index in [0.29, 0.717) is 19.8 Å². The summed E-state index contributed by atoms with van der Waals surface area (Å²) in [6.07, 6.45) is 3.18. The van der Waals surface area contributed by atoms with Crippen LogP contribution in [0.1, 0.15) is 18.5 Å². The fraction of sp³-hybridized carbons (Fsp3) is 0.250. The van der Waals surface area contributed by atoms with E-state index in [-0.39, 0.29) is 11.9 Å². The number of nitrogens with one attached hydrogen (secondary N) is 1. The Bertz CT molecular complexity index is 743. The summed E-state index contributed by atoms with van der Waals surface area (Å²) in [6, 6.07) is 15.0. The van der Waals surface area contributed by atoms with E-state index in [0.717, 1.165) is 22.8 Å². The van der Waals surface area contributed by atoms with Gasteiger partial charge in [-0.05, 0) is 42.8 Å². The Morgan fingerprint density at radius 3 is 2.72 bits per heavy atom. The normalized spacial score (nSPS) is 14.1. The average molecular weight is 339 g/mol. The third-order valence-corrected chi connectivity index (χ3v) is 3.78. The van der Waals surface area contributed by atoms with Crippen LogP contribution in [0.3, 0.4) is 0 Å². The van der Waals surface area contributed by atoms with Crippen LogP contribution in [0, 0.1) is 0 Å². The van der Waals surface area contributed by atoms with Crippen LogP contribution in [0.25, 0.3) is 0 Å². The number of amides is 1. The molecule has 1 unspecified atom stereocenters. The molecule has 0 radical (unpaired) electrons. The van der Waals surface area contributed by atoms with Gasteiger partial charge in [-0.2, -0.15) is 0 Å². The van der Waals surface area contributed by atoms with Gasteiger partial charge < -0.3 is 19.5 Å². The van der Waals surface area contributed by atoms with Gasteiger partial charge in [-0.1, -0.05) is 24.3 Å². The minimum Gasteiger partial charge on any atom is -0.490 e. The molecule has 2 aromatic rings. The highest BCUT2D eigenvalue weighted by Crippen LogP contribution is 2.32. The molecule has 0 fully saturated rings. The highest BCUT2D eigenvalue weighted by molar-refractivity contribution is 5.87. The minimum absolute atomic E-state index is 0.136. The van der Waals surface area contributed by atoms with E-state index in [9.17, 15) is 4.79 Å². The maximum absolute atomic E-state index is 12.0. The van der Waals surface area contributed by atoms with Crippen molar-refractivity contribution >= 4 is 5.91 Å². The maximum atomic E-state index is 12.0.